The van der Waals surface area contributed by atoms with Crippen molar-refractivity contribution in [3.63, 3.8) is 0 Å². The number of rotatable bonds is 4. The summed E-state index contributed by atoms with van der Waals surface area (Å²) < 4.78 is 4.69. The van der Waals surface area contributed by atoms with Gasteiger partial charge in [-0.25, -0.2) is 9.78 Å². The summed E-state index contributed by atoms with van der Waals surface area (Å²) in [6.45, 7) is 1.87. The number of hydrogen-bond acceptors (Lipinski definition) is 5. The molecule has 0 aliphatic heterocycles. The fourth-order valence-corrected chi connectivity index (χ4v) is 3.65. The second kappa shape index (κ2) is 6.41. The maximum absolute atomic E-state index is 11.5. The number of aryl methyl sites for hydroxylation is 1. The van der Waals surface area contributed by atoms with Crippen molar-refractivity contribution in [2.24, 2.45) is 0 Å². The molecule has 1 heterocycles. The lowest BCUT2D eigenvalue weighted by Crippen LogP contribution is -2.03. The lowest BCUT2D eigenvalue weighted by atomic mass is 10.4. The van der Waals surface area contributed by atoms with Crippen LogP contribution in [0.2, 0.25) is 5.02 Å². The zero-order valence-corrected chi connectivity index (χ0v) is 12.9. The number of ether oxygens (including phenoxy) is 1. The summed E-state index contributed by atoms with van der Waals surface area (Å²) in [5.41, 5.74) is 0.405. The van der Waals surface area contributed by atoms with E-state index in [0.717, 1.165) is 19.8 Å². The molecule has 0 fully saturated rings. The Balaban J connectivity index is 2.09. The Bertz CT molecular complexity index is 598. The third-order valence-electron chi connectivity index (χ3n) is 2.41. The third-order valence-corrected chi connectivity index (χ3v) is 5.09. The first kappa shape index (κ1) is 14.4. The summed E-state index contributed by atoms with van der Waals surface area (Å²) in [7, 11) is 1.36. The molecule has 0 unspecified atom stereocenters. The Hall–Kier alpha value is -1.04. The normalized spacial score (nSPS) is 10.5. The molecular weight excluding hydrogens is 302 g/mol. The molecule has 0 spiro atoms. The number of hydrogen-bond donors (Lipinski definition) is 0. The van der Waals surface area contributed by atoms with Crippen LogP contribution in [-0.4, -0.2) is 18.1 Å². The SMILES string of the molecule is COC(=O)c1nc(CSc2ccccc2Cl)sc1C. The number of halogens is 1. The molecule has 2 rings (SSSR count). The van der Waals surface area contributed by atoms with E-state index < -0.39 is 0 Å². The lowest BCUT2D eigenvalue weighted by molar-refractivity contribution is 0.0594. The fourth-order valence-electron chi connectivity index (χ4n) is 1.50. The third kappa shape index (κ3) is 3.49. The first-order valence-corrected chi connectivity index (χ1v) is 7.71. The van der Waals surface area contributed by atoms with Crippen LogP contribution in [-0.2, 0) is 10.5 Å². The molecule has 0 N–H and O–H groups in total. The van der Waals surface area contributed by atoms with Gasteiger partial charge in [0, 0.05) is 9.77 Å². The summed E-state index contributed by atoms with van der Waals surface area (Å²) in [6, 6.07) is 7.67. The van der Waals surface area contributed by atoms with Crippen LogP contribution >= 0.6 is 34.7 Å². The van der Waals surface area contributed by atoms with E-state index in [1.165, 1.54) is 18.4 Å². The molecule has 0 aliphatic rings. The Labute approximate surface area is 125 Å². The Morgan fingerprint density at radius 3 is 2.89 bits per heavy atom. The molecular formula is C13H12ClNO2S2. The molecule has 100 valence electrons. The summed E-state index contributed by atoms with van der Waals surface area (Å²) in [4.78, 5) is 17.7. The van der Waals surface area contributed by atoms with E-state index >= 15 is 0 Å². The molecule has 0 radical (unpaired) electrons. The van der Waals surface area contributed by atoms with Crippen LogP contribution in [0.15, 0.2) is 29.2 Å². The van der Waals surface area contributed by atoms with E-state index in [-0.39, 0.29) is 5.97 Å². The van der Waals surface area contributed by atoms with Gasteiger partial charge >= 0.3 is 5.97 Å². The quantitative estimate of drug-likeness (QED) is 0.627. The molecule has 1 aromatic carbocycles. The van der Waals surface area contributed by atoms with Gasteiger partial charge in [-0.1, -0.05) is 23.7 Å². The number of methoxy groups -OCH3 is 1. The van der Waals surface area contributed by atoms with Crippen molar-refractivity contribution in [2.45, 2.75) is 17.6 Å². The molecule has 0 saturated carbocycles. The smallest absolute Gasteiger partial charge is 0.357 e. The van der Waals surface area contributed by atoms with Gasteiger partial charge < -0.3 is 4.74 Å². The molecule has 0 bridgehead atoms. The first-order chi connectivity index (χ1) is 9.11. The van der Waals surface area contributed by atoms with E-state index in [0.29, 0.717) is 11.4 Å². The molecule has 0 atom stereocenters. The van der Waals surface area contributed by atoms with Gasteiger partial charge in [0.1, 0.15) is 5.01 Å². The minimum atomic E-state index is -0.386. The van der Waals surface area contributed by atoms with Crippen LogP contribution in [0.4, 0.5) is 0 Å². The number of esters is 1. The summed E-state index contributed by atoms with van der Waals surface area (Å²) in [5.74, 6) is 0.300. The summed E-state index contributed by atoms with van der Waals surface area (Å²) in [5, 5.41) is 1.62. The highest BCUT2D eigenvalue weighted by Gasteiger charge is 2.15. The molecule has 2 aromatic rings. The fraction of sp³-hybridized carbons (Fsp3) is 0.231. The Morgan fingerprint density at radius 1 is 1.47 bits per heavy atom. The Kier molecular flexibility index (Phi) is 4.85. The van der Waals surface area contributed by atoms with Crippen LogP contribution in [0, 0.1) is 6.92 Å². The van der Waals surface area contributed by atoms with Gasteiger partial charge in [-0.2, -0.15) is 0 Å². The second-order valence-corrected chi connectivity index (χ2v) is 6.44. The van der Waals surface area contributed by atoms with Gasteiger partial charge in [0.05, 0.1) is 17.9 Å². The predicted octanol–water partition coefficient (Wildman–Crippen LogP) is 4.18. The number of carbonyl (C=O) groups excluding carboxylic acids is 1. The molecule has 3 nitrogen and oxygen atoms in total. The molecule has 0 saturated heterocycles. The maximum atomic E-state index is 11.5. The van der Waals surface area contributed by atoms with Crippen molar-refractivity contribution >= 4 is 40.7 Å². The minimum Gasteiger partial charge on any atom is -0.464 e. The van der Waals surface area contributed by atoms with Gasteiger partial charge in [-0.15, -0.1) is 23.1 Å². The largest absolute Gasteiger partial charge is 0.464 e. The highest BCUT2D eigenvalue weighted by molar-refractivity contribution is 7.98. The molecule has 0 amide bonds. The van der Waals surface area contributed by atoms with Crippen LogP contribution in [0.5, 0.6) is 0 Å². The predicted molar refractivity (Wildman–Crippen MR) is 79.2 cm³/mol. The van der Waals surface area contributed by atoms with Gasteiger partial charge in [0.15, 0.2) is 5.69 Å². The summed E-state index contributed by atoms with van der Waals surface area (Å²) in [6.07, 6.45) is 0. The van der Waals surface area contributed by atoms with E-state index in [1.54, 1.807) is 11.8 Å². The second-order valence-electron chi connectivity index (χ2n) is 3.72. The van der Waals surface area contributed by atoms with E-state index in [1.807, 2.05) is 31.2 Å². The van der Waals surface area contributed by atoms with Crippen LogP contribution < -0.4 is 0 Å². The van der Waals surface area contributed by atoms with Crippen molar-refractivity contribution in [1.29, 1.82) is 0 Å². The zero-order valence-electron chi connectivity index (χ0n) is 10.5. The number of nitrogens with zero attached hydrogens (tertiary/aromatic N) is 1. The maximum Gasteiger partial charge on any atom is 0.357 e. The first-order valence-electron chi connectivity index (χ1n) is 5.53. The van der Waals surface area contributed by atoms with Crippen LogP contribution in [0.1, 0.15) is 20.4 Å². The molecule has 19 heavy (non-hydrogen) atoms. The van der Waals surface area contributed by atoms with Crippen molar-refractivity contribution < 1.29 is 9.53 Å². The topological polar surface area (TPSA) is 39.2 Å². The average Bonchev–Trinajstić information content (AvgIpc) is 2.78. The van der Waals surface area contributed by atoms with Crippen LogP contribution in [0.25, 0.3) is 0 Å². The van der Waals surface area contributed by atoms with E-state index in [4.69, 9.17) is 11.6 Å². The number of thioether (sulfide) groups is 1. The van der Waals surface area contributed by atoms with Crippen molar-refractivity contribution in [1.82, 2.24) is 4.98 Å². The van der Waals surface area contributed by atoms with Crippen LogP contribution in [0.3, 0.4) is 0 Å². The number of carbonyl (C=O) groups is 1. The van der Waals surface area contributed by atoms with Gasteiger partial charge in [0.2, 0.25) is 0 Å². The highest BCUT2D eigenvalue weighted by Crippen LogP contribution is 2.31. The van der Waals surface area contributed by atoms with Gasteiger partial charge in [-0.05, 0) is 19.1 Å². The Morgan fingerprint density at radius 2 is 2.21 bits per heavy atom. The summed E-state index contributed by atoms with van der Waals surface area (Å²) >= 11 is 9.20. The molecule has 6 heteroatoms. The number of thiazole rings is 1. The van der Waals surface area contributed by atoms with E-state index in [2.05, 4.69) is 9.72 Å². The standard InChI is InChI=1S/C13H12ClNO2S2/c1-8-12(13(16)17-2)15-11(19-8)7-18-10-6-4-3-5-9(10)14/h3-6H,7H2,1-2H3. The van der Waals surface area contributed by atoms with Crippen molar-refractivity contribution in [2.75, 3.05) is 7.11 Å². The molecule has 0 aliphatic carbocycles. The van der Waals surface area contributed by atoms with E-state index in [9.17, 15) is 4.79 Å². The van der Waals surface area contributed by atoms with Gasteiger partial charge in [0.25, 0.3) is 0 Å². The number of aromatic nitrogens is 1. The van der Waals surface area contributed by atoms with Crippen molar-refractivity contribution in [3.05, 3.63) is 44.9 Å². The number of benzene rings is 1. The zero-order chi connectivity index (χ0) is 13.8. The molecule has 1 aromatic heterocycles. The van der Waals surface area contributed by atoms with Gasteiger partial charge in [-0.3, -0.25) is 0 Å². The van der Waals surface area contributed by atoms with Crippen molar-refractivity contribution in [3.8, 4) is 0 Å². The highest BCUT2D eigenvalue weighted by atomic mass is 35.5. The lowest BCUT2D eigenvalue weighted by Gasteiger charge is -2.01. The minimum absolute atomic E-state index is 0.386. The monoisotopic (exact) mass is 313 g/mol. The average molecular weight is 314 g/mol.